The van der Waals surface area contributed by atoms with Crippen LogP contribution in [0.3, 0.4) is 0 Å². The summed E-state index contributed by atoms with van der Waals surface area (Å²) in [6, 6.07) is 8.06. The molecule has 0 aliphatic heterocycles. The third-order valence-corrected chi connectivity index (χ3v) is 3.46. The molecule has 16 heavy (non-hydrogen) atoms. The molecule has 1 heteroatoms. The quantitative estimate of drug-likeness (QED) is 0.815. The smallest absolute Gasteiger partial charge is 0.0294 e. The Kier molecular flexibility index (Phi) is 3.65. The summed E-state index contributed by atoms with van der Waals surface area (Å²) in [4.78, 5) is 0. The molecule has 0 spiro atoms. The minimum absolute atomic E-state index is 0.465. The summed E-state index contributed by atoms with van der Waals surface area (Å²) in [5.74, 6) is 0. The van der Waals surface area contributed by atoms with Gasteiger partial charge in [-0.15, -0.1) is 0 Å². The highest BCUT2D eigenvalue weighted by molar-refractivity contribution is 5.35. The maximum atomic E-state index is 3.57. The van der Waals surface area contributed by atoms with Crippen LogP contribution >= 0.6 is 0 Å². The average molecular weight is 217 g/mol. The first kappa shape index (κ1) is 11.7. The maximum absolute atomic E-state index is 3.57. The second-order valence-corrected chi connectivity index (χ2v) is 5.28. The third-order valence-electron chi connectivity index (χ3n) is 3.46. The summed E-state index contributed by atoms with van der Waals surface area (Å²) in [6.45, 7) is 6.66. The molecule has 0 saturated carbocycles. The van der Waals surface area contributed by atoms with Gasteiger partial charge in [0.15, 0.2) is 0 Å². The van der Waals surface area contributed by atoms with Crippen LogP contribution in [0.1, 0.15) is 56.3 Å². The SMILES string of the molecule is CC(C)NC(C)c1ccc2c(c1)CCCC2. The Morgan fingerprint density at radius 2 is 1.69 bits per heavy atom. The van der Waals surface area contributed by atoms with Crippen molar-refractivity contribution in [2.75, 3.05) is 0 Å². The van der Waals surface area contributed by atoms with Crippen LogP contribution in [0.25, 0.3) is 0 Å². The fourth-order valence-corrected chi connectivity index (χ4v) is 2.62. The summed E-state index contributed by atoms with van der Waals surface area (Å²) in [5, 5.41) is 3.57. The van der Waals surface area contributed by atoms with Crippen LogP contribution in [0.15, 0.2) is 18.2 Å². The molecule has 0 bridgehead atoms. The molecule has 1 aromatic rings. The van der Waals surface area contributed by atoms with Crippen molar-refractivity contribution < 1.29 is 0 Å². The Balaban J connectivity index is 2.16. The Labute approximate surface area is 99.3 Å². The molecular formula is C15H23N. The van der Waals surface area contributed by atoms with Gasteiger partial charge in [-0.1, -0.05) is 32.0 Å². The second-order valence-electron chi connectivity index (χ2n) is 5.28. The van der Waals surface area contributed by atoms with E-state index in [2.05, 4.69) is 44.3 Å². The van der Waals surface area contributed by atoms with Crippen LogP contribution in [-0.2, 0) is 12.8 Å². The van der Waals surface area contributed by atoms with Gasteiger partial charge in [-0.2, -0.15) is 0 Å². The van der Waals surface area contributed by atoms with Gasteiger partial charge in [-0.05, 0) is 49.3 Å². The van der Waals surface area contributed by atoms with E-state index in [1.165, 1.54) is 31.2 Å². The van der Waals surface area contributed by atoms with E-state index in [1.807, 2.05) is 0 Å². The number of aryl methyl sites for hydroxylation is 2. The maximum Gasteiger partial charge on any atom is 0.0294 e. The molecule has 1 atom stereocenters. The van der Waals surface area contributed by atoms with Gasteiger partial charge >= 0.3 is 0 Å². The number of benzene rings is 1. The minimum Gasteiger partial charge on any atom is -0.308 e. The van der Waals surface area contributed by atoms with E-state index in [4.69, 9.17) is 0 Å². The van der Waals surface area contributed by atoms with Crippen molar-refractivity contribution >= 4 is 0 Å². The molecule has 1 aliphatic rings. The van der Waals surface area contributed by atoms with E-state index in [0.29, 0.717) is 12.1 Å². The predicted molar refractivity (Wildman–Crippen MR) is 69.8 cm³/mol. The molecule has 0 amide bonds. The zero-order valence-electron chi connectivity index (χ0n) is 10.7. The van der Waals surface area contributed by atoms with Crippen LogP contribution in [-0.4, -0.2) is 6.04 Å². The van der Waals surface area contributed by atoms with Crippen molar-refractivity contribution in [2.45, 2.75) is 58.5 Å². The standard InChI is InChI=1S/C15H23N/c1-11(2)16-12(3)14-9-8-13-6-4-5-7-15(13)10-14/h8-12,16H,4-7H2,1-3H3. The van der Waals surface area contributed by atoms with E-state index in [0.717, 1.165) is 0 Å². The lowest BCUT2D eigenvalue weighted by Crippen LogP contribution is -2.26. The summed E-state index contributed by atoms with van der Waals surface area (Å²) in [5.41, 5.74) is 4.60. The Hall–Kier alpha value is -0.820. The largest absolute Gasteiger partial charge is 0.308 e. The summed E-state index contributed by atoms with van der Waals surface area (Å²) < 4.78 is 0. The van der Waals surface area contributed by atoms with Gasteiger partial charge in [0.25, 0.3) is 0 Å². The fourth-order valence-electron chi connectivity index (χ4n) is 2.62. The van der Waals surface area contributed by atoms with Gasteiger partial charge in [-0.3, -0.25) is 0 Å². The summed E-state index contributed by atoms with van der Waals surface area (Å²) in [7, 11) is 0. The third kappa shape index (κ3) is 2.65. The summed E-state index contributed by atoms with van der Waals surface area (Å²) >= 11 is 0. The Bertz CT molecular complexity index is 354. The van der Waals surface area contributed by atoms with Crippen LogP contribution in [0.4, 0.5) is 0 Å². The first-order chi connectivity index (χ1) is 7.66. The normalized spacial score (nSPS) is 17.2. The van der Waals surface area contributed by atoms with Gasteiger partial charge in [0.1, 0.15) is 0 Å². The van der Waals surface area contributed by atoms with Gasteiger partial charge in [-0.25, -0.2) is 0 Å². The van der Waals surface area contributed by atoms with Crippen molar-refractivity contribution in [1.82, 2.24) is 5.32 Å². The molecule has 0 aromatic heterocycles. The molecule has 1 aliphatic carbocycles. The Morgan fingerprint density at radius 3 is 2.38 bits per heavy atom. The molecule has 0 heterocycles. The van der Waals surface area contributed by atoms with Crippen LogP contribution in [0, 0.1) is 0 Å². The molecule has 1 N–H and O–H groups in total. The van der Waals surface area contributed by atoms with Crippen molar-refractivity contribution in [3.05, 3.63) is 34.9 Å². The molecule has 88 valence electrons. The van der Waals surface area contributed by atoms with E-state index < -0.39 is 0 Å². The molecule has 1 aromatic carbocycles. The number of hydrogen-bond donors (Lipinski definition) is 1. The zero-order chi connectivity index (χ0) is 11.5. The average Bonchev–Trinajstić information content (AvgIpc) is 2.27. The van der Waals surface area contributed by atoms with E-state index in [9.17, 15) is 0 Å². The first-order valence-electron chi connectivity index (χ1n) is 6.54. The lowest BCUT2D eigenvalue weighted by Gasteiger charge is -2.21. The van der Waals surface area contributed by atoms with E-state index in [-0.39, 0.29) is 0 Å². The van der Waals surface area contributed by atoms with Crippen LogP contribution in [0.5, 0.6) is 0 Å². The molecule has 1 unspecified atom stereocenters. The Morgan fingerprint density at radius 1 is 1.00 bits per heavy atom. The van der Waals surface area contributed by atoms with Gasteiger partial charge in [0.2, 0.25) is 0 Å². The minimum atomic E-state index is 0.465. The van der Waals surface area contributed by atoms with E-state index in [1.54, 1.807) is 11.1 Å². The molecule has 0 saturated heterocycles. The van der Waals surface area contributed by atoms with Crippen molar-refractivity contribution in [3.63, 3.8) is 0 Å². The topological polar surface area (TPSA) is 12.0 Å². The van der Waals surface area contributed by atoms with E-state index >= 15 is 0 Å². The lowest BCUT2D eigenvalue weighted by atomic mass is 9.89. The summed E-state index contributed by atoms with van der Waals surface area (Å²) in [6.07, 6.45) is 5.29. The number of fused-ring (bicyclic) bond motifs is 1. The van der Waals surface area contributed by atoms with Gasteiger partial charge in [0, 0.05) is 12.1 Å². The second kappa shape index (κ2) is 5.01. The van der Waals surface area contributed by atoms with Crippen molar-refractivity contribution in [3.8, 4) is 0 Å². The fraction of sp³-hybridized carbons (Fsp3) is 0.600. The monoisotopic (exact) mass is 217 g/mol. The molecule has 0 radical (unpaired) electrons. The van der Waals surface area contributed by atoms with Gasteiger partial charge < -0.3 is 5.32 Å². The number of nitrogens with one attached hydrogen (secondary N) is 1. The molecule has 2 rings (SSSR count). The number of hydrogen-bond acceptors (Lipinski definition) is 1. The number of rotatable bonds is 3. The predicted octanol–water partition coefficient (Wildman–Crippen LogP) is 3.62. The zero-order valence-corrected chi connectivity index (χ0v) is 10.7. The lowest BCUT2D eigenvalue weighted by molar-refractivity contribution is 0.505. The van der Waals surface area contributed by atoms with Crippen molar-refractivity contribution in [1.29, 1.82) is 0 Å². The molecule has 1 nitrogen and oxygen atoms in total. The molecular weight excluding hydrogens is 194 g/mol. The molecule has 0 fully saturated rings. The highest BCUT2D eigenvalue weighted by Crippen LogP contribution is 2.24. The van der Waals surface area contributed by atoms with Crippen molar-refractivity contribution in [2.24, 2.45) is 0 Å². The van der Waals surface area contributed by atoms with Crippen LogP contribution in [0.2, 0.25) is 0 Å². The van der Waals surface area contributed by atoms with Crippen LogP contribution < -0.4 is 5.32 Å². The highest BCUT2D eigenvalue weighted by atomic mass is 14.9. The highest BCUT2D eigenvalue weighted by Gasteiger charge is 2.12. The van der Waals surface area contributed by atoms with Gasteiger partial charge in [0.05, 0.1) is 0 Å². The first-order valence-corrected chi connectivity index (χ1v) is 6.54.